The molecule has 7 rings (SSSR count). The number of aliphatic hydroxyl groups is 7. The molecule has 5 heterocycles. The Bertz CT molecular complexity index is 2780. The highest BCUT2D eigenvalue weighted by Crippen LogP contribution is 2.39. The van der Waals surface area contributed by atoms with Crippen LogP contribution in [0, 0.1) is 0 Å². The molecule has 8 N–H and O–H groups in total. The normalized spacial score (nSPS) is 25.5. The van der Waals surface area contributed by atoms with Crippen molar-refractivity contribution in [3.8, 4) is 17.0 Å². The van der Waals surface area contributed by atoms with Gasteiger partial charge in [-0.2, -0.15) is 0 Å². The molecule has 0 unspecified atom stereocenters. The van der Waals surface area contributed by atoms with Crippen molar-refractivity contribution in [1.82, 2.24) is 38.8 Å². The van der Waals surface area contributed by atoms with Gasteiger partial charge in [-0.05, 0) is 112 Å². The van der Waals surface area contributed by atoms with Gasteiger partial charge in [0.2, 0.25) is 5.88 Å². The summed E-state index contributed by atoms with van der Waals surface area (Å²) in [7, 11) is 11.6. The Hall–Kier alpha value is -4.64. The maximum absolute atomic E-state index is 14.6. The number of hydrogen-bond acceptors (Lipinski definition) is 21. The highest BCUT2D eigenvalue weighted by atomic mass is 16.7. The Labute approximate surface area is 415 Å². The minimum absolute atomic E-state index is 0.0578. The van der Waals surface area contributed by atoms with Crippen molar-refractivity contribution in [2.24, 2.45) is 4.99 Å². The van der Waals surface area contributed by atoms with E-state index < -0.39 is 91.3 Å². The van der Waals surface area contributed by atoms with E-state index in [1.807, 2.05) is 58.2 Å². The zero-order chi connectivity index (χ0) is 52.1. The molecule has 0 bridgehead atoms. The van der Waals surface area contributed by atoms with E-state index in [9.17, 15) is 55.2 Å². The Morgan fingerprint density at radius 3 is 1.97 bits per heavy atom. The van der Waals surface area contributed by atoms with Crippen LogP contribution >= 0.6 is 0 Å². The molecule has 72 heavy (non-hydrogen) atoms. The van der Waals surface area contributed by atoms with Gasteiger partial charge < -0.3 is 74.5 Å². The first-order valence-electron chi connectivity index (χ1n) is 24.5. The fourth-order valence-electron chi connectivity index (χ4n) is 9.61. The second-order valence-corrected chi connectivity index (χ2v) is 19.6. The van der Waals surface area contributed by atoms with Gasteiger partial charge in [0.05, 0.1) is 47.2 Å². The van der Waals surface area contributed by atoms with E-state index in [0.717, 1.165) is 6.54 Å². The van der Waals surface area contributed by atoms with E-state index in [1.165, 1.54) is 9.13 Å². The summed E-state index contributed by atoms with van der Waals surface area (Å²) in [4.78, 5) is 54.5. The third-order valence-electron chi connectivity index (χ3n) is 13.4. The van der Waals surface area contributed by atoms with Crippen molar-refractivity contribution in [2.75, 3.05) is 88.3 Å². The minimum atomic E-state index is -1.79. The van der Waals surface area contributed by atoms with Crippen LogP contribution in [0.3, 0.4) is 0 Å². The summed E-state index contributed by atoms with van der Waals surface area (Å²) in [5.74, 6) is -0.224. The molecule has 24 nitrogen and oxygen atoms in total. The number of aromatic hydroxyl groups is 1. The average Bonchev–Trinajstić information content (AvgIpc) is 3.80. The summed E-state index contributed by atoms with van der Waals surface area (Å²) in [6.07, 6.45) is -11.1. The van der Waals surface area contributed by atoms with Crippen LogP contribution in [0.4, 0.5) is 0 Å². The van der Waals surface area contributed by atoms with Crippen LogP contribution in [0.15, 0.2) is 37.7 Å². The number of ether oxygens (including phenoxy) is 4. The van der Waals surface area contributed by atoms with Crippen molar-refractivity contribution >= 4 is 21.5 Å². The fourth-order valence-corrected chi connectivity index (χ4v) is 9.61. The van der Waals surface area contributed by atoms with Crippen molar-refractivity contribution in [3.05, 3.63) is 66.0 Å². The van der Waals surface area contributed by atoms with Crippen molar-refractivity contribution in [2.45, 2.75) is 120 Å². The summed E-state index contributed by atoms with van der Waals surface area (Å²) in [5, 5.41) is 94.0. The van der Waals surface area contributed by atoms with Crippen LogP contribution in [0.1, 0.15) is 36.9 Å². The topological polar surface area (TPSA) is 313 Å². The molecule has 2 aromatic heterocycles. The maximum atomic E-state index is 14.6. The van der Waals surface area contributed by atoms with Gasteiger partial charge in [-0.25, -0.2) is 0 Å². The van der Waals surface area contributed by atoms with E-state index in [0.29, 0.717) is 84.7 Å². The molecular weight excluding hydrogens is 943 g/mol. The molecule has 1 aromatic carbocycles. The van der Waals surface area contributed by atoms with Crippen LogP contribution < -0.4 is 22.0 Å². The van der Waals surface area contributed by atoms with Crippen LogP contribution in [0.25, 0.3) is 32.7 Å². The van der Waals surface area contributed by atoms with Gasteiger partial charge in [0, 0.05) is 55.1 Å². The highest BCUT2D eigenvalue weighted by molar-refractivity contribution is 6.16. The molecule has 0 saturated carbocycles. The fraction of sp³-hybridized carbons (Fsp3) is 0.667. The van der Waals surface area contributed by atoms with Gasteiger partial charge in [0.15, 0.2) is 12.6 Å². The average molecular weight is 1010 g/mol. The van der Waals surface area contributed by atoms with E-state index in [4.69, 9.17) is 23.9 Å². The number of aromatic nitrogens is 5. The number of hydrogen-bond donors (Lipinski definition) is 8. The van der Waals surface area contributed by atoms with Crippen LogP contribution in [0.2, 0.25) is 0 Å². The number of rotatable bonds is 24. The van der Waals surface area contributed by atoms with Crippen molar-refractivity contribution < 1.29 is 59.8 Å². The van der Waals surface area contributed by atoms with Crippen LogP contribution in [-0.4, -0.2) is 229 Å². The van der Waals surface area contributed by atoms with E-state index in [-0.39, 0.29) is 54.8 Å². The molecule has 1 aliphatic carbocycles. The smallest absolute Gasteiger partial charge is 0.263 e. The Morgan fingerprint density at radius 1 is 0.681 bits per heavy atom. The number of aliphatic hydroxyl groups excluding tert-OH is 7. The zero-order valence-corrected chi connectivity index (χ0v) is 41.8. The molecule has 3 aliphatic heterocycles. The molecule has 0 spiro atoms. The Kier molecular flexibility index (Phi) is 18.5. The molecule has 3 aromatic rings. The van der Waals surface area contributed by atoms with Crippen LogP contribution in [0.5, 0.6) is 5.88 Å². The van der Waals surface area contributed by atoms with Crippen molar-refractivity contribution in [1.29, 1.82) is 0 Å². The van der Waals surface area contributed by atoms with E-state index in [1.54, 1.807) is 16.9 Å². The lowest BCUT2D eigenvalue weighted by Crippen LogP contribution is -2.64. The molecule has 2 saturated heterocycles. The molecule has 24 heteroatoms. The second-order valence-electron chi connectivity index (χ2n) is 19.6. The number of benzene rings is 2. The number of aryl methyl sites for hydroxylation is 2. The molecule has 4 aliphatic rings. The predicted octanol–water partition coefficient (Wildman–Crippen LogP) is -3.47. The third-order valence-corrected chi connectivity index (χ3v) is 13.4. The number of pyridine rings is 2. The molecule has 10 atom stereocenters. The quantitative estimate of drug-likeness (QED) is 0.0220. The Balaban J connectivity index is 1.09. The monoisotopic (exact) mass is 1010 g/mol. The van der Waals surface area contributed by atoms with E-state index >= 15 is 0 Å². The summed E-state index contributed by atoms with van der Waals surface area (Å²) in [5.41, 5.74) is 0.460. The van der Waals surface area contributed by atoms with Crippen molar-refractivity contribution in [3.63, 3.8) is 0 Å². The van der Waals surface area contributed by atoms with Gasteiger partial charge >= 0.3 is 0 Å². The minimum Gasteiger partial charge on any atom is -0.494 e. The van der Waals surface area contributed by atoms with Gasteiger partial charge in [-0.3, -0.25) is 33.2 Å². The molecule has 398 valence electrons. The van der Waals surface area contributed by atoms with Crippen LogP contribution in [-0.2, 0) is 51.4 Å². The summed E-state index contributed by atoms with van der Waals surface area (Å²) in [6.45, 7) is 1.57. The molecule has 2 fully saturated rings. The van der Waals surface area contributed by atoms with Gasteiger partial charge in [0.25, 0.3) is 16.7 Å². The van der Waals surface area contributed by atoms with Gasteiger partial charge in [-0.15, -0.1) is 5.10 Å². The predicted molar refractivity (Wildman–Crippen MR) is 261 cm³/mol. The zero-order valence-electron chi connectivity index (χ0n) is 41.8. The first kappa shape index (κ1) is 55.1. The lowest BCUT2D eigenvalue weighted by molar-refractivity contribution is -0.359. The first-order chi connectivity index (χ1) is 34.4. The first-order valence-corrected chi connectivity index (χ1v) is 24.5. The van der Waals surface area contributed by atoms with Gasteiger partial charge in [-0.1, -0.05) is 5.21 Å². The highest BCUT2D eigenvalue weighted by Gasteiger charge is 2.50. The second kappa shape index (κ2) is 24.1. The molecule has 0 radical (unpaired) electrons. The number of nitrogens with zero attached hydrogens (tertiary/aromatic N) is 9. The lowest BCUT2D eigenvalue weighted by Gasteiger charge is -2.45. The largest absolute Gasteiger partial charge is 0.494 e. The van der Waals surface area contributed by atoms with E-state index in [2.05, 4.69) is 15.2 Å². The third kappa shape index (κ3) is 11.8. The lowest BCUT2D eigenvalue weighted by atomic mass is 9.87. The summed E-state index contributed by atoms with van der Waals surface area (Å²) in [6, 6.07) is 3.43. The molecular formula is C48H71N9O15. The summed E-state index contributed by atoms with van der Waals surface area (Å²) >= 11 is 0. The maximum Gasteiger partial charge on any atom is 0.263 e. The van der Waals surface area contributed by atoms with Gasteiger partial charge in [0.1, 0.15) is 48.8 Å². The Morgan fingerprint density at radius 2 is 1.31 bits per heavy atom. The standard InChI is InChI=1S/C48H71N9O15/c1-52(2)14-7-11-26-21-28-35-34-29(44(66)56(45(67)33(26)34)18-9-15-53(3)4)22-30(36(35)46(68)57(43(28)65)19-10-16-54(5)6)49-13-8-17-55-23-27(50-51-55)12-20-69-47-41(64)39(62)42(32(25-59)71-47)72-48-40(63)38(61)37(60)31(24-58)70-48/h21-23,31-32,37-42,47-48,58-65H,7-20,24-25H2,1-6H3/t31-,32-,37-,38+,39-,40-,41-,42-,47-,48-/m1/s1. The SMILES string of the molecule is CN(C)CCCc1cc2c(O)n(CCCN(C)C)c(=O)c3c(=NCCCn4cc(CCO[C@@H]5O[C@H](CO)[C@@H](O[C@H]6O[C@H](CO)[C@@H](O)[C@H](O)[C@H]6O)[C@H](O)[C@H]5O)nn4)cc4c(=O)n(CCCN(C)C)c(=O)c1c-4c23. The summed E-state index contributed by atoms with van der Waals surface area (Å²) < 4.78 is 26.7. The molecule has 0 amide bonds.